The molecule has 1 amide bonds. The Morgan fingerprint density at radius 1 is 1.35 bits per heavy atom. The molecule has 7 heteroatoms. The van der Waals surface area contributed by atoms with Gasteiger partial charge in [0.1, 0.15) is 10.4 Å². The number of aryl methyl sites for hydroxylation is 2. The number of hydrogen-bond acceptors (Lipinski definition) is 6. The lowest BCUT2D eigenvalue weighted by Crippen LogP contribution is -2.52. The van der Waals surface area contributed by atoms with Gasteiger partial charge in [0.15, 0.2) is 6.10 Å². The van der Waals surface area contributed by atoms with Crippen molar-refractivity contribution in [1.29, 1.82) is 5.26 Å². The quantitative estimate of drug-likeness (QED) is 0.854. The minimum absolute atomic E-state index is 0.412. The monoisotopic (exact) mass is 335 g/mol. The van der Waals surface area contributed by atoms with Crippen LogP contribution < -0.4 is 5.32 Å². The summed E-state index contributed by atoms with van der Waals surface area (Å²) in [6.07, 6.45) is 3.25. The third kappa shape index (κ3) is 4.08. The van der Waals surface area contributed by atoms with Crippen LogP contribution in [-0.2, 0) is 9.53 Å². The first kappa shape index (κ1) is 17.4. The van der Waals surface area contributed by atoms with Crippen LogP contribution in [-0.4, -0.2) is 28.5 Å². The fourth-order valence-corrected chi connectivity index (χ4v) is 3.55. The zero-order chi connectivity index (χ0) is 17.0. The largest absolute Gasteiger partial charge is 0.448 e. The zero-order valence-electron chi connectivity index (χ0n) is 13.6. The first-order chi connectivity index (χ1) is 10.9. The molecule has 0 spiro atoms. The Kier molecular flexibility index (Phi) is 5.37. The summed E-state index contributed by atoms with van der Waals surface area (Å²) in [5, 5.41) is 12.9. The number of nitrogens with zero attached hydrogens (tertiary/aromatic N) is 2. The molecule has 1 aromatic heterocycles. The highest BCUT2D eigenvalue weighted by Gasteiger charge is 2.35. The number of ether oxygens (including phenoxy) is 1. The summed E-state index contributed by atoms with van der Waals surface area (Å²) in [4.78, 5) is 29.0. The number of hydrogen-bond donors (Lipinski definition) is 1. The number of amides is 1. The van der Waals surface area contributed by atoms with Crippen LogP contribution in [0.5, 0.6) is 0 Å². The second kappa shape index (κ2) is 7.09. The molecule has 0 radical (unpaired) electrons. The molecule has 0 bridgehead atoms. The van der Waals surface area contributed by atoms with Crippen LogP contribution in [0.1, 0.15) is 59.4 Å². The molecule has 0 saturated heterocycles. The Hall–Kier alpha value is -1.94. The van der Waals surface area contributed by atoms with E-state index < -0.39 is 23.5 Å². The van der Waals surface area contributed by atoms with E-state index in [1.54, 1.807) is 6.92 Å². The van der Waals surface area contributed by atoms with Gasteiger partial charge in [-0.05, 0) is 33.6 Å². The summed E-state index contributed by atoms with van der Waals surface area (Å²) in [5.41, 5.74) is -0.224. The van der Waals surface area contributed by atoms with Crippen LogP contribution in [0, 0.1) is 25.2 Å². The molecule has 1 aliphatic rings. The van der Waals surface area contributed by atoms with Crippen LogP contribution in [0.2, 0.25) is 0 Å². The van der Waals surface area contributed by atoms with Crippen molar-refractivity contribution in [3.8, 4) is 6.07 Å². The van der Waals surface area contributed by atoms with E-state index in [1.807, 2.05) is 6.92 Å². The van der Waals surface area contributed by atoms with E-state index in [-0.39, 0.29) is 0 Å². The van der Waals surface area contributed by atoms with Crippen molar-refractivity contribution < 1.29 is 14.3 Å². The third-order valence-corrected chi connectivity index (χ3v) is 5.08. The molecule has 124 valence electrons. The Balaban J connectivity index is 1.98. The van der Waals surface area contributed by atoms with Crippen molar-refractivity contribution in [3.63, 3.8) is 0 Å². The van der Waals surface area contributed by atoms with Gasteiger partial charge in [-0.15, -0.1) is 11.3 Å². The van der Waals surface area contributed by atoms with Gasteiger partial charge in [0.25, 0.3) is 5.91 Å². The van der Waals surface area contributed by atoms with Gasteiger partial charge in [0, 0.05) is 0 Å². The van der Waals surface area contributed by atoms with Gasteiger partial charge in [-0.1, -0.05) is 19.3 Å². The van der Waals surface area contributed by atoms with Gasteiger partial charge >= 0.3 is 5.97 Å². The van der Waals surface area contributed by atoms with E-state index in [2.05, 4.69) is 16.4 Å². The minimum atomic E-state index is -0.948. The number of nitrogens with one attached hydrogen (secondary N) is 1. The molecule has 1 aromatic rings. The lowest BCUT2D eigenvalue weighted by Gasteiger charge is -2.32. The normalized spacial score (nSPS) is 17.8. The van der Waals surface area contributed by atoms with Gasteiger partial charge in [-0.3, -0.25) is 4.79 Å². The number of aromatic nitrogens is 1. The van der Waals surface area contributed by atoms with Crippen molar-refractivity contribution in [2.45, 2.75) is 64.5 Å². The molecule has 1 N–H and O–H groups in total. The molecule has 0 aliphatic heterocycles. The van der Waals surface area contributed by atoms with Crippen molar-refractivity contribution in [2.24, 2.45) is 0 Å². The number of thiazole rings is 1. The smallest absolute Gasteiger partial charge is 0.351 e. The van der Waals surface area contributed by atoms with E-state index in [9.17, 15) is 14.9 Å². The Morgan fingerprint density at radius 2 is 2.00 bits per heavy atom. The maximum Gasteiger partial charge on any atom is 0.351 e. The van der Waals surface area contributed by atoms with E-state index in [0.29, 0.717) is 23.4 Å². The maximum atomic E-state index is 12.3. The molecule has 1 heterocycles. The van der Waals surface area contributed by atoms with E-state index in [0.717, 1.165) is 24.3 Å². The number of carbonyl (C=O) groups is 2. The Bertz CT molecular complexity index is 641. The highest BCUT2D eigenvalue weighted by atomic mass is 32.1. The first-order valence-corrected chi connectivity index (χ1v) is 8.57. The standard InChI is InChI=1S/C16H21N3O3S/c1-10-13(23-12(3)18-10)15(21)22-11(2)14(20)19-16(9-17)7-5-4-6-8-16/h11H,4-8H2,1-3H3,(H,19,20). The third-order valence-electron chi connectivity index (χ3n) is 4.03. The van der Waals surface area contributed by atoms with Gasteiger partial charge in [0.2, 0.25) is 0 Å². The summed E-state index contributed by atoms with van der Waals surface area (Å²) in [6.45, 7) is 5.06. The van der Waals surface area contributed by atoms with Crippen LogP contribution in [0.4, 0.5) is 0 Å². The summed E-state index contributed by atoms with van der Waals surface area (Å²) in [7, 11) is 0. The summed E-state index contributed by atoms with van der Waals surface area (Å²) in [5.74, 6) is -0.980. The molecule has 1 unspecified atom stereocenters. The van der Waals surface area contributed by atoms with Crippen molar-refractivity contribution in [2.75, 3.05) is 0 Å². The van der Waals surface area contributed by atoms with E-state index >= 15 is 0 Å². The molecule has 1 aliphatic carbocycles. The fraction of sp³-hybridized carbons (Fsp3) is 0.625. The molecule has 6 nitrogen and oxygen atoms in total. The van der Waals surface area contributed by atoms with Gasteiger partial charge in [-0.2, -0.15) is 5.26 Å². The maximum absolute atomic E-state index is 12.3. The van der Waals surface area contributed by atoms with Crippen LogP contribution >= 0.6 is 11.3 Å². The van der Waals surface area contributed by atoms with Crippen molar-refractivity contribution >= 4 is 23.2 Å². The molecular formula is C16H21N3O3S. The molecular weight excluding hydrogens is 314 g/mol. The van der Waals surface area contributed by atoms with E-state index in [1.165, 1.54) is 18.3 Å². The van der Waals surface area contributed by atoms with Crippen molar-refractivity contribution in [1.82, 2.24) is 10.3 Å². The number of rotatable bonds is 4. The molecule has 2 rings (SSSR count). The lowest BCUT2D eigenvalue weighted by atomic mass is 9.83. The van der Waals surface area contributed by atoms with Crippen LogP contribution in [0.25, 0.3) is 0 Å². The predicted octanol–water partition coefficient (Wildman–Crippen LogP) is 2.65. The lowest BCUT2D eigenvalue weighted by molar-refractivity contribution is -0.130. The van der Waals surface area contributed by atoms with Gasteiger partial charge < -0.3 is 10.1 Å². The highest BCUT2D eigenvalue weighted by molar-refractivity contribution is 7.13. The predicted molar refractivity (Wildman–Crippen MR) is 86.0 cm³/mol. The number of esters is 1. The molecule has 1 fully saturated rings. The number of carbonyl (C=O) groups excluding carboxylic acids is 2. The summed E-state index contributed by atoms with van der Waals surface area (Å²) in [6, 6.07) is 2.22. The van der Waals surface area contributed by atoms with Gasteiger partial charge in [0.05, 0.1) is 16.8 Å². The topological polar surface area (TPSA) is 92.1 Å². The number of nitriles is 1. The van der Waals surface area contributed by atoms with Crippen LogP contribution in [0.15, 0.2) is 0 Å². The van der Waals surface area contributed by atoms with Gasteiger partial charge in [-0.25, -0.2) is 9.78 Å². The zero-order valence-corrected chi connectivity index (χ0v) is 14.5. The SMILES string of the molecule is Cc1nc(C)c(C(=O)OC(C)C(=O)NC2(C#N)CCCCC2)s1. The molecule has 1 saturated carbocycles. The average Bonchev–Trinajstić information content (AvgIpc) is 2.86. The molecule has 0 aromatic carbocycles. The van der Waals surface area contributed by atoms with Crippen molar-refractivity contribution in [3.05, 3.63) is 15.6 Å². The molecule has 1 atom stereocenters. The van der Waals surface area contributed by atoms with E-state index in [4.69, 9.17) is 4.74 Å². The Morgan fingerprint density at radius 3 is 2.52 bits per heavy atom. The fourth-order valence-electron chi connectivity index (χ4n) is 2.75. The molecule has 23 heavy (non-hydrogen) atoms. The minimum Gasteiger partial charge on any atom is -0.448 e. The first-order valence-electron chi connectivity index (χ1n) is 7.75. The highest BCUT2D eigenvalue weighted by Crippen LogP contribution is 2.27. The second-order valence-corrected chi connectivity index (χ2v) is 7.14. The average molecular weight is 335 g/mol. The Labute approximate surface area is 139 Å². The van der Waals surface area contributed by atoms with Crippen LogP contribution in [0.3, 0.4) is 0 Å². The summed E-state index contributed by atoms with van der Waals surface area (Å²) < 4.78 is 5.23. The second-order valence-electron chi connectivity index (χ2n) is 5.94. The summed E-state index contributed by atoms with van der Waals surface area (Å²) >= 11 is 1.25.